The Morgan fingerprint density at radius 1 is 1.40 bits per heavy atom. The second-order valence-corrected chi connectivity index (χ2v) is 4.04. The summed E-state index contributed by atoms with van der Waals surface area (Å²) in [6, 6.07) is 8.19. The molecule has 3 heteroatoms. The van der Waals surface area contributed by atoms with Crippen LogP contribution in [0.15, 0.2) is 24.3 Å². The first-order chi connectivity index (χ1) is 7.18. The molecular formula is C12H15NO2. The van der Waals surface area contributed by atoms with Crippen molar-refractivity contribution in [1.82, 2.24) is 4.90 Å². The smallest absolute Gasteiger partial charge is 0.407 e. The minimum absolute atomic E-state index is 0.0584. The van der Waals surface area contributed by atoms with Crippen LogP contribution in [0.25, 0.3) is 0 Å². The van der Waals surface area contributed by atoms with Gasteiger partial charge in [-0.05, 0) is 25.3 Å². The normalized spacial score (nSPS) is 20.6. The van der Waals surface area contributed by atoms with Crippen LogP contribution >= 0.6 is 0 Å². The van der Waals surface area contributed by atoms with Crippen molar-refractivity contribution in [2.75, 3.05) is 6.54 Å². The Morgan fingerprint density at radius 2 is 2.07 bits per heavy atom. The highest BCUT2D eigenvalue weighted by atomic mass is 16.4. The highest BCUT2D eigenvalue weighted by molar-refractivity contribution is 5.66. The average molecular weight is 205 g/mol. The van der Waals surface area contributed by atoms with Crippen molar-refractivity contribution in [3.05, 3.63) is 35.4 Å². The summed E-state index contributed by atoms with van der Waals surface area (Å²) in [6.45, 7) is 2.70. The summed E-state index contributed by atoms with van der Waals surface area (Å²) in [5.41, 5.74) is 2.32. The maximum absolute atomic E-state index is 11.0. The van der Waals surface area contributed by atoms with Crippen LogP contribution in [0.1, 0.15) is 30.0 Å². The largest absolute Gasteiger partial charge is 0.465 e. The lowest BCUT2D eigenvalue weighted by atomic mass is 10.0. The second-order valence-electron chi connectivity index (χ2n) is 4.04. The van der Waals surface area contributed by atoms with Gasteiger partial charge in [-0.25, -0.2) is 4.79 Å². The van der Waals surface area contributed by atoms with E-state index in [1.165, 1.54) is 10.5 Å². The van der Waals surface area contributed by atoms with E-state index in [1.807, 2.05) is 31.2 Å². The molecule has 1 fully saturated rings. The van der Waals surface area contributed by atoms with E-state index >= 15 is 0 Å². The molecule has 1 aromatic carbocycles. The van der Waals surface area contributed by atoms with E-state index in [4.69, 9.17) is 5.11 Å². The Balaban J connectivity index is 2.22. The van der Waals surface area contributed by atoms with E-state index in [0.717, 1.165) is 18.4 Å². The number of carboxylic acid groups (broad SMARTS) is 1. The Morgan fingerprint density at radius 3 is 2.67 bits per heavy atom. The van der Waals surface area contributed by atoms with Crippen LogP contribution < -0.4 is 0 Å². The standard InChI is InChI=1S/C12H15NO2/c1-9-4-6-10(7-5-9)11-3-2-8-13(11)12(14)15/h4-7,11H,2-3,8H2,1H3,(H,14,15). The van der Waals surface area contributed by atoms with Gasteiger partial charge in [0.1, 0.15) is 0 Å². The van der Waals surface area contributed by atoms with E-state index < -0.39 is 6.09 Å². The number of rotatable bonds is 1. The zero-order valence-electron chi connectivity index (χ0n) is 8.81. The van der Waals surface area contributed by atoms with Crippen molar-refractivity contribution in [3.8, 4) is 0 Å². The third kappa shape index (κ3) is 1.96. The molecule has 1 aromatic rings. The average Bonchev–Trinajstić information content (AvgIpc) is 2.67. The highest BCUT2D eigenvalue weighted by Crippen LogP contribution is 2.31. The molecule has 1 amide bonds. The van der Waals surface area contributed by atoms with Gasteiger partial charge in [-0.1, -0.05) is 29.8 Å². The zero-order chi connectivity index (χ0) is 10.8. The van der Waals surface area contributed by atoms with Gasteiger partial charge in [0, 0.05) is 6.54 Å². The van der Waals surface area contributed by atoms with Gasteiger partial charge in [0.15, 0.2) is 0 Å². The maximum Gasteiger partial charge on any atom is 0.407 e. The summed E-state index contributed by atoms with van der Waals surface area (Å²) in [7, 11) is 0. The van der Waals surface area contributed by atoms with Gasteiger partial charge in [0.25, 0.3) is 0 Å². The predicted molar refractivity (Wildman–Crippen MR) is 57.9 cm³/mol. The van der Waals surface area contributed by atoms with E-state index in [0.29, 0.717) is 6.54 Å². The molecule has 1 N–H and O–H groups in total. The lowest BCUT2D eigenvalue weighted by molar-refractivity contribution is 0.140. The van der Waals surface area contributed by atoms with Crippen molar-refractivity contribution >= 4 is 6.09 Å². The molecule has 0 bridgehead atoms. The summed E-state index contributed by atoms with van der Waals surface area (Å²) in [6.07, 6.45) is 1.10. The van der Waals surface area contributed by atoms with Crippen molar-refractivity contribution in [3.63, 3.8) is 0 Å². The van der Waals surface area contributed by atoms with Crippen LogP contribution in [0.5, 0.6) is 0 Å². The van der Waals surface area contributed by atoms with E-state index in [2.05, 4.69) is 0 Å². The lowest BCUT2D eigenvalue weighted by Crippen LogP contribution is -2.28. The summed E-state index contributed by atoms with van der Waals surface area (Å²) in [5, 5.41) is 9.03. The number of nitrogens with zero attached hydrogens (tertiary/aromatic N) is 1. The Hall–Kier alpha value is -1.51. The fraction of sp³-hybridized carbons (Fsp3) is 0.417. The molecule has 1 atom stereocenters. The monoisotopic (exact) mass is 205 g/mol. The first-order valence-electron chi connectivity index (χ1n) is 5.24. The van der Waals surface area contributed by atoms with Crippen LogP contribution in [0.4, 0.5) is 4.79 Å². The fourth-order valence-corrected chi connectivity index (χ4v) is 2.13. The van der Waals surface area contributed by atoms with Crippen LogP contribution in [0.3, 0.4) is 0 Å². The molecule has 0 spiro atoms. The van der Waals surface area contributed by atoms with Gasteiger partial charge >= 0.3 is 6.09 Å². The molecule has 1 heterocycles. The van der Waals surface area contributed by atoms with Gasteiger partial charge in [-0.15, -0.1) is 0 Å². The Kier molecular flexibility index (Phi) is 2.62. The zero-order valence-corrected chi connectivity index (χ0v) is 8.81. The number of hydrogen-bond donors (Lipinski definition) is 1. The molecular weight excluding hydrogens is 190 g/mol. The summed E-state index contributed by atoms with van der Waals surface area (Å²) in [5.74, 6) is 0. The third-order valence-electron chi connectivity index (χ3n) is 2.96. The molecule has 2 rings (SSSR count). The molecule has 15 heavy (non-hydrogen) atoms. The van der Waals surface area contributed by atoms with Crippen LogP contribution in [0, 0.1) is 6.92 Å². The molecule has 1 saturated heterocycles. The quantitative estimate of drug-likeness (QED) is 0.765. The van der Waals surface area contributed by atoms with Gasteiger partial charge in [0.05, 0.1) is 6.04 Å². The molecule has 0 saturated carbocycles. The van der Waals surface area contributed by atoms with Gasteiger partial charge in [-0.2, -0.15) is 0 Å². The van der Waals surface area contributed by atoms with Crippen molar-refractivity contribution in [1.29, 1.82) is 0 Å². The number of benzene rings is 1. The van der Waals surface area contributed by atoms with Crippen molar-refractivity contribution in [2.24, 2.45) is 0 Å². The predicted octanol–water partition coefficient (Wildman–Crippen LogP) is 2.81. The molecule has 80 valence electrons. The van der Waals surface area contributed by atoms with E-state index in [1.54, 1.807) is 0 Å². The molecule has 1 aliphatic rings. The third-order valence-corrected chi connectivity index (χ3v) is 2.96. The maximum atomic E-state index is 11.0. The van der Waals surface area contributed by atoms with Crippen LogP contribution in [-0.2, 0) is 0 Å². The minimum Gasteiger partial charge on any atom is -0.465 e. The molecule has 0 aliphatic carbocycles. The van der Waals surface area contributed by atoms with Crippen molar-refractivity contribution in [2.45, 2.75) is 25.8 Å². The Labute approximate surface area is 89.3 Å². The summed E-state index contributed by atoms with van der Waals surface area (Å²) < 4.78 is 0. The summed E-state index contributed by atoms with van der Waals surface area (Å²) in [4.78, 5) is 12.5. The first-order valence-corrected chi connectivity index (χ1v) is 5.24. The minimum atomic E-state index is -0.807. The van der Waals surface area contributed by atoms with Gasteiger partial charge in [0.2, 0.25) is 0 Å². The highest BCUT2D eigenvalue weighted by Gasteiger charge is 2.29. The van der Waals surface area contributed by atoms with Crippen LogP contribution in [0.2, 0.25) is 0 Å². The molecule has 1 unspecified atom stereocenters. The molecule has 3 nitrogen and oxygen atoms in total. The van der Waals surface area contributed by atoms with Gasteiger partial charge < -0.3 is 10.0 Å². The number of carbonyl (C=O) groups is 1. The Bertz CT molecular complexity index is 358. The van der Waals surface area contributed by atoms with E-state index in [-0.39, 0.29) is 6.04 Å². The number of hydrogen-bond acceptors (Lipinski definition) is 1. The first kappa shape index (κ1) is 10.0. The molecule has 0 radical (unpaired) electrons. The topological polar surface area (TPSA) is 40.5 Å². The SMILES string of the molecule is Cc1ccc(C2CCCN2C(=O)O)cc1. The number of likely N-dealkylation sites (tertiary alicyclic amines) is 1. The second kappa shape index (κ2) is 3.93. The van der Waals surface area contributed by atoms with Crippen LogP contribution in [-0.4, -0.2) is 22.6 Å². The van der Waals surface area contributed by atoms with Gasteiger partial charge in [-0.3, -0.25) is 0 Å². The number of aryl methyl sites for hydroxylation is 1. The summed E-state index contributed by atoms with van der Waals surface area (Å²) >= 11 is 0. The van der Waals surface area contributed by atoms with Crippen molar-refractivity contribution < 1.29 is 9.90 Å². The lowest BCUT2D eigenvalue weighted by Gasteiger charge is -2.21. The molecule has 1 aliphatic heterocycles. The number of amides is 1. The fourth-order valence-electron chi connectivity index (χ4n) is 2.13. The molecule has 0 aromatic heterocycles. The van der Waals surface area contributed by atoms with E-state index in [9.17, 15) is 4.79 Å².